The predicted molar refractivity (Wildman–Crippen MR) is 90.0 cm³/mol. The highest BCUT2D eigenvalue weighted by atomic mass is 16.7. The van der Waals surface area contributed by atoms with Gasteiger partial charge in [0.1, 0.15) is 6.26 Å². The summed E-state index contributed by atoms with van der Waals surface area (Å²) in [5, 5.41) is 5.11. The van der Waals surface area contributed by atoms with Gasteiger partial charge in [-0.2, -0.15) is 5.10 Å². The van der Waals surface area contributed by atoms with Crippen LogP contribution in [0.1, 0.15) is 20.8 Å². The number of benzene rings is 1. The first kappa shape index (κ1) is 16.8. The van der Waals surface area contributed by atoms with Crippen molar-refractivity contribution in [2.75, 3.05) is 6.61 Å². The van der Waals surface area contributed by atoms with Gasteiger partial charge in [-0.3, -0.25) is 0 Å². The lowest BCUT2D eigenvalue weighted by atomic mass is 10.2. The maximum absolute atomic E-state index is 12.3. The van der Waals surface area contributed by atoms with Crippen molar-refractivity contribution in [3.8, 4) is 0 Å². The van der Waals surface area contributed by atoms with Crippen LogP contribution in [0.15, 0.2) is 47.9 Å². The van der Waals surface area contributed by atoms with Gasteiger partial charge in [0.15, 0.2) is 5.70 Å². The number of hydrogen-bond acceptors (Lipinski definition) is 6. The van der Waals surface area contributed by atoms with Crippen LogP contribution in [-0.2, 0) is 23.8 Å². The summed E-state index contributed by atoms with van der Waals surface area (Å²) < 4.78 is 17.2. The van der Waals surface area contributed by atoms with E-state index in [0.29, 0.717) is 11.1 Å². The van der Waals surface area contributed by atoms with E-state index in [-0.39, 0.29) is 12.3 Å². The molecule has 7 nitrogen and oxygen atoms in total. The molecule has 25 heavy (non-hydrogen) atoms. The Balaban J connectivity index is 1.96. The SMILES string of the molecule is CCOC(=O)/C(=C/OC1OC(=O)C(C)=C1C)n1ncc2ccccc21. The molecule has 2 heterocycles. The molecule has 0 saturated heterocycles. The molecule has 0 amide bonds. The molecular formula is C18H18N2O5. The van der Waals surface area contributed by atoms with E-state index < -0.39 is 18.2 Å². The zero-order valence-corrected chi connectivity index (χ0v) is 14.2. The second kappa shape index (κ2) is 6.80. The van der Waals surface area contributed by atoms with E-state index in [1.807, 2.05) is 24.3 Å². The minimum absolute atomic E-state index is 0.0939. The first-order chi connectivity index (χ1) is 12.0. The van der Waals surface area contributed by atoms with Crippen molar-refractivity contribution in [3.05, 3.63) is 47.9 Å². The average Bonchev–Trinajstić information content (AvgIpc) is 3.13. The van der Waals surface area contributed by atoms with Crippen LogP contribution in [-0.4, -0.2) is 34.6 Å². The highest BCUT2D eigenvalue weighted by molar-refractivity contribution is 6.11. The number of ether oxygens (including phenoxy) is 3. The third kappa shape index (κ3) is 3.13. The molecule has 1 atom stereocenters. The topological polar surface area (TPSA) is 79.7 Å². The highest BCUT2D eigenvalue weighted by Crippen LogP contribution is 2.24. The molecule has 1 aromatic carbocycles. The smallest absolute Gasteiger partial charge is 0.360 e. The number of para-hydroxylation sites is 1. The van der Waals surface area contributed by atoms with Gasteiger partial charge in [0, 0.05) is 16.5 Å². The minimum atomic E-state index is -0.862. The van der Waals surface area contributed by atoms with E-state index >= 15 is 0 Å². The molecule has 3 rings (SSSR count). The van der Waals surface area contributed by atoms with Gasteiger partial charge in [-0.15, -0.1) is 0 Å². The quantitative estimate of drug-likeness (QED) is 0.472. The molecule has 0 aliphatic carbocycles. The van der Waals surface area contributed by atoms with Crippen molar-refractivity contribution in [1.29, 1.82) is 0 Å². The Labute approximate surface area is 144 Å². The van der Waals surface area contributed by atoms with Crippen molar-refractivity contribution in [1.82, 2.24) is 9.78 Å². The van der Waals surface area contributed by atoms with E-state index in [1.54, 1.807) is 27.0 Å². The molecule has 0 radical (unpaired) electrons. The van der Waals surface area contributed by atoms with Gasteiger partial charge in [-0.1, -0.05) is 18.2 Å². The summed E-state index contributed by atoms with van der Waals surface area (Å²) in [6.07, 6.45) is 2.00. The monoisotopic (exact) mass is 342 g/mol. The Hall–Kier alpha value is -3.09. The van der Waals surface area contributed by atoms with Crippen molar-refractivity contribution in [2.45, 2.75) is 27.1 Å². The number of cyclic esters (lactones) is 1. The first-order valence-electron chi connectivity index (χ1n) is 7.87. The van der Waals surface area contributed by atoms with Crippen LogP contribution in [0.4, 0.5) is 0 Å². The van der Waals surface area contributed by atoms with Gasteiger partial charge in [-0.25, -0.2) is 14.3 Å². The lowest BCUT2D eigenvalue weighted by Crippen LogP contribution is -2.17. The molecule has 2 aromatic rings. The fraction of sp³-hybridized carbons (Fsp3) is 0.278. The zero-order chi connectivity index (χ0) is 18.0. The second-order valence-corrected chi connectivity index (χ2v) is 5.52. The summed E-state index contributed by atoms with van der Waals surface area (Å²) in [6, 6.07) is 7.45. The van der Waals surface area contributed by atoms with Crippen LogP contribution >= 0.6 is 0 Å². The molecule has 130 valence electrons. The van der Waals surface area contributed by atoms with Gasteiger partial charge in [0.05, 0.1) is 18.3 Å². The van der Waals surface area contributed by atoms with Gasteiger partial charge in [0.2, 0.25) is 0 Å². The summed E-state index contributed by atoms with van der Waals surface area (Å²) in [4.78, 5) is 23.9. The fourth-order valence-electron chi connectivity index (χ4n) is 2.42. The van der Waals surface area contributed by atoms with E-state index in [0.717, 1.165) is 10.9 Å². The third-order valence-corrected chi connectivity index (χ3v) is 3.96. The van der Waals surface area contributed by atoms with Crippen LogP contribution in [0.25, 0.3) is 16.6 Å². The van der Waals surface area contributed by atoms with Crippen molar-refractivity contribution < 1.29 is 23.8 Å². The number of rotatable bonds is 5. The molecule has 1 aliphatic heterocycles. The maximum Gasteiger partial charge on any atom is 0.360 e. The largest absolute Gasteiger partial charge is 0.461 e. The Bertz CT molecular complexity index is 894. The number of carbonyl (C=O) groups is 2. The highest BCUT2D eigenvalue weighted by Gasteiger charge is 2.30. The van der Waals surface area contributed by atoms with Crippen molar-refractivity contribution >= 4 is 28.5 Å². The Morgan fingerprint density at radius 3 is 2.80 bits per heavy atom. The van der Waals surface area contributed by atoms with Crippen molar-refractivity contribution in [3.63, 3.8) is 0 Å². The number of nitrogens with zero attached hydrogens (tertiary/aromatic N) is 2. The van der Waals surface area contributed by atoms with Gasteiger partial charge in [-0.05, 0) is 26.8 Å². The first-order valence-corrected chi connectivity index (χ1v) is 7.87. The number of carbonyl (C=O) groups excluding carboxylic acids is 2. The Kier molecular flexibility index (Phi) is 4.56. The van der Waals surface area contributed by atoms with E-state index in [4.69, 9.17) is 14.2 Å². The molecule has 0 spiro atoms. The summed E-state index contributed by atoms with van der Waals surface area (Å²) in [7, 11) is 0. The molecule has 0 saturated carbocycles. The summed E-state index contributed by atoms with van der Waals surface area (Å²) in [5.74, 6) is -1.02. The zero-order valence-electron chi connectivity index (χ0n) is 14.2. The van der Waals surface area contributed by atoms with E-state index in [1.165, 1.54) is 10.9 Å². The molecular weight excluding hydrogens is 324 g/mol. The van der Waals surface area contributed by atoms with Crippen LogP contribution in [0, 0.1) is 0 Å². The maximum atomic E-state index is 12.3. The van der Waals surface area contributed by atoms with E-state index in [2.05, 4.69) is 5.10 Å². The standard InChI is InChI=1S/C18H18N2O5/c1-4-23-17(22)15(10-24-18-12(3)11(2)16(21)25-18)20-14-8-6-5-7-13(14)9-19-20/h5-10,18H,4H2,1-3H3/b15-10-. The minimum Gasteiger partial charge on any atom is -0.461 e. The molecule has 0 N–H and O–H groups in total. The van der Waals surface area contributed by atoms with Crippen LogP contribution in [0.2, 0.25) is 0 Å². The predicted octanol–water partition coefficient (Wildman–Crippen LogP) is 2.63. The van der Waals surface area contributed by atoms with E-state index in [9.17, 15) is 9.59 Å². The van der Waals surface area contributed by atoms with Crippen LogP contribution in [0.5, 0.6) is 0 Å². The fourth-order valence-corrected chi connectivity index (χ4v) is 2.42. The molecule has 1 aromatic heterocycles. The number of aromatic nitrogens is 2. The summed E-state index contributed by atoms with van der Waals surface area (Å²) in [6.45, 7) is 5.34. The lowest BCUT2D eigenvalue weighted by Gasteiger charge is -2.13. The van der Waals surface area contributed by atoms with Crippen LogP contribution in [0.3, 0.4) is 0 Å². The van der Waals surface area contributed by atoms with Gasteiger partial charge in [0.25, 0.3) is 6.29 Å². The molecule has 7 heteroatoms. The number of hydrogen-bond donors (Lipinski definition) is 0. The lowest BCUT2D eigenvalue weighted by molar-refractivity contribution is -0.152. The van der Waals surface area contributed by atoms with Crippen molar-refractivity contribution in [2.24, 2.45) is 0 Å². The Morgan fingerprint density at radius 2 is 2.12 bits per heavy atom. The van der Waals surface area contributed by atoms with Gasteiger partial charge < -0.3 is 14.2 Å². The number of fused-ring (bicyclic) bond motifs is 1. The second-order valence-electron chi connectivity index (χ2n) is 5.52. The molecule has 0 bridgehead atoms. The summed E-state index contributed by atoms with van der Waals surface area (Å²) >= 11 is 0. The third-order valence-electron chi connectivity index (χ3n) is 3.96. The molecule has 1 unspecified atom stereocenters. The normalized spacial score (nSPS) is 17.8. The number of esters is 2. The average molecular weight is 342 g/mol. The van der Waals surface area contributed by atoms with Crippen LogP contribution < -0.4 is 0 Å². The Morgan fingerprint density at radius 1 is 1.36 bits per heavy atom. The molecule has 0 fully saturated rings. The van der Waals surface area contributed by atoms with Gasteiger partial charge >= 0.3 is 11.9 Å². The summed E-state index contributed by atoms with van der Waals surface area (Å²) in [5.41, 5.74) is 1.99. The molecule has 1 aliphatic rings.